The minimum Gasteiger partial charge on any atom is -0.421 e. The molecule has 8 heteroatoms. The van der Waals surface area contributed by atoms with Crippen LogP contribution >= 0.6 is 0 Å². The Morgan fingerprint density at radius 2 is 1.63 bits per heavy atom. The van der Waals surface area contributed by atoms with Crippen molar-refractivity contribution in [1.29, 1.82) is 0 Å². The van der Waals surface area contributed by atoms with Crippen LogP contribution < -0.4 is 0 Å². The molecule has 2 heterocycles. The molecule has 1 aromatic heterocycles. The standard InChI is InChI=1S/C22H26N4O3S/c1-18-7-9-19(10-8-18)17-30(27,28)26-15-13-25(14-16-26)12-11-21-23-24-22(29-21)20-5-3-2-4-6-20/h2-10H,11-17H2,1H3. The van der Waals surface area contributed by atoms with Gasteiger partial charge in [-0.25, -0.2) is 8.42 Å². The summed E-state index contributed by atoms with van der Waals surface area (Å²) in [4.78, 5) is 2.24. The number of aryl methyl sites for hydroxylation is 1. The van der Waals surface area contributed by atoms with Gasteiger partial charge in [0.05, 0.1) is 5.75 Å². The van der Waals surface area contributed by atoms with Crippen LogP contribution in [0.15, 0.2) is 59.0 Å². The lowest BCUT2D eigenvalue weighted by molar-refractivity contribution is 0.187. The summed E-state index contributed by atoms with van der Waals surface area (Å²) >= 11 is 0. The molecule has 0 unspecified atom stereocenters. The highest BCUT2D eigenvalue weighted by molar-refractivity contribution is 7.88. The maximum atomic E-state index is 12.7. The van der Waals surface area contributed by atoms with Crippen LogP contribution in [0.1, 0.15) is 17.0 Å². The van der Waals surface area contributed by atoms with E-state index in [-0.39, 0.29) is 5.75 Å². The number of nitrogens with zero attached hydrogens (tertiary/aromatic N) is 4. The number of aromatic nitrogens is 2. The Morgan fingerprint density at radius 3 is 2.33 bits per heavy atom. The van der Waals surface area contributed by atoms with E-state index in [9.17, 15) is 8.42 Å². The molecule has 158 valence electrons. The Bertz CT molecular complexity index is 1060. The summed E-state index contributed by atoms with van der Waals surface area (Å²) in [6, 6.07) is 17.4. The summed E-state index contributed by atoms with van der Waals surface area (Å²) in [6.07, 6.45) is 0.649. The Morgan fingerprint density at radius 1 is 0.933 bits per heavy atom. The third kappa shape index (κ3) is 5.13. The van der Waals surface area contributed by atoms with Gasteiger partial charge in [0.15, 0.2) is 0 Å². The molecule has 0 bridgehead atoms. The fourth-order valence-corrected chi connectivity index (χ4v) is 5.04. The smallest absolute Gasteiger partial charge is 0.247 e. The zero-order chi connectivity index (χ0) is 21.0. The maximum absolute atomic E-state index is 12.7. The lowest BCUT2D eigenvalue weighted by Gasteiger charge is -2.33. The Labute approximate surface area is 177 Å². The lowest BCUT2D eigenvalue weighted by Crippen LogP contribution is -2.49. The predicted molar refractivity (Wildman–Crippen MR) is 115 cm³/mol. The molecule has 30 heavy (non-hydrogen) atoms. The van der Waals surface area contributed by atoms with E-state index < -0.39 is 10.0 Å². The van der Waals surface area contributed by atoms with Gasteiger partial charge in [-0.05, 0) is 24.6 Å². The van der Waals surface area contributed by atoms with Gasteiger partial charge in [-0.2, -0.15) is 4.31 Å². The zero-order valence-electron chi connectivity index (χ0n) is 17.1. The summed E-state index contributed by atoms with van der Waals surface area (Å²) in [5.74, 6) is 1.18. The van der Waals surface area contributed by atoms with Crippen molar-refractivity contribution in [3.63, 3.8) is 0 Å². The van der Waals surface area contributed by atoms with E-state index in [4.69, 9.17) is 4.42 Å². The molecule has 1 fully saturated rings. The van der Waals surface area contributed by atoms with E-state index in [0.717, 1.165) is 23.2 Å². The van der Waals surface area contributed by atoms with Crippen molar-refractivity contribution in [1.82, 2.24) is 19.4 Å². The molecule has 0 radical (unpaired) electrons. The first-order valence-corrected chi connectivity index (χ1v) is 11.7. The van der Waals surface area contributed by atoms with E-state index >= 15 is 0 Å². The highest BCUT2D eigenvalue weighted by atomic mass is 32.2. The molecule has 0 aliphatic carbocycles. The largest absolute Gasteiger partial charge is 0.421 e. The third-order valence-electron chi connectivity index (χ3n) is 5.32. The molecule has 0 amide bonds. The summed E-state index contributed by atoms with van der Waals surface area (Å²) < 4.78 is 32.8. The molecule has 1 aliphatic heterocycles. The van der Waals surface area contributed by atoms with Crippen LogP contribution in [0.3, 0.4) is 0 Å². The average Bonchev–Trinajstić information content (AvgIpc) is 3.24. The van der Waals surface area contributed by atoms with Gasteiger partial charge in [0.1, 0.15) is 0 Å². The van der Waals surface area contributed by atoms with Gasteiger partial charge in [-0.3, -0.25) is 0 Å². The van der Waals surface area contributed by atoms with E-state index in [0.29, 0.717) is 44.4 Å². The van der Waals surface area contributed by atoms with Crippen LogP contribution in [0, 0.1) is 6.92 Å². The van der Waals surface area contributed by atoms with Crippen molar-refractivity contribution in [2.24, 2.45) is 0 Å². The van der Waals surface area contributed by atoms with Gasteiger partial charge in [0, 0.05) is 44.7 Å². The summed E-state index contributed by atoms with van der Waals surface area (Å²) in [5.41, 5.74) is 2.86. The molecule has 1 saturated heterocycles. The van der Waals surface area contributed by atoms with Crippen LogP contribution in [-0.2, 0) is 22.2 Å². The monoisotopic (exact) mass is 426 g/mol. The summed E-state index contributed by atoms with van der Waals surface area (Å²) in [7, 11) is -3.30. The molecule has 0 atom stereocenters. The van der Waals surface area contributed by atoms with Gasteiger partial charge in [-0.15, -0.1) is 10.2 Å². The number of sulfonamides is 1. The van der Waals surface area contributed by atoms with Crippen LogP contribution in [0.4, 0.5) is 0 Å². The van der Waals surface area contributed by atoms with Crippen molar-refractivity contribution < 1.29 is 12.8 Å². The average molecular weight is 427 g/mol. The van der Waals surface area contributed by atoms with Crippen molar-refractivity contribution in [3.8, 4) is 11.5 Å². The highest BCUT2D eigenvalue weighted by Crippen LogP contribution is 2.18. The van der Waals surface area contributed by atoms with Crippen molar-refractivity contribution in [3.05, 3.63) is 71.6 Å². The molecular formula is C22H26N4O3S. The molecular weight excluding hydrogens is 400 g/mol. The van der Waals surface area contributed by atoms with Crippen LogP contribution in [-0.4, -0.2) is 60.5 Å². The van der Waals surface area contributed by atoms with E-state index in [1.807, 2.05) is 61.5 Å². The second-order valence-electron chi connectivity index (χ2n) is 7.60. The lowest BCUT2D eigenvalue weighted by atomic mass is 10.2. The van der Waals surface area contributed by atoms with Gasteiger partial charge in [-0.1, -0.05) is 48.0 Å². The van der Waals surface area contributed by atoms with E-state index in [2.05, 4.69) is 15.1 Å². The van der Waals surface area contributed by atoms with Gasteiger partial charge >= 0.3 is 0 Å². The molecule has 0 saturated carbocycles. The summed E-state index contributed by atoms with van der Waals surface area (Å²) in [5, 5.41) is 8.25. The number of hydrogen-bond donors (Lipinski definition) is 0. The Kier molecular flexibility index (Phi) is 6.26. The fraction of sp³-hybridized carbons (Fsp3) is 0.364. The molecule has 2 aromatic carbocycles. The maximum Gasteiger partial charge on any atom is 0.247 e. The van der Waals surface area contributed by atoms with Gasteiger partial charge in [0.25, 0.3) is 0 Å². The number of hydrogen-bond acceptors (Lipinski definition) is 6. The topological polar surface area (TPSA) is 79.5 Å². The zero-order valence-corrected chi connectivity index (χ0v) is 17.9. The highest BCUT2D eigenvalue weighted by Gasteiger charge is 2.27. The minimum absolute atomic E-state index is 0.0531. The van der Waals surface area contributed by atoms with E-state index in [1.165, 1.54) is 0 Å². The number of piperazine rings is 1. The quantitative estimate of drug-likeness (QED) is 0.578. The second kappa shape index (κ2) is 9.07. The SMILES string of the molecule is Cc1ccc(CS(=O)(=O)N2CCN(CCc3nnc(-c4ccccc4)o3)CC2)cc1. The first-order chi connectivity index (χ1) is 14.5. The second-order valence-corrected chi connectivity index (χ2v) is 9.57. The Hall–Kier alpha value is -2.55. The third-order valence-corrected chi connectivity index (χ3v) is 7.17. The molecule has 7 nitrogen and oxygen atoms in total. The first kappa shape index (κ1) is 20.7. The number of benzene rings is 2. The molecule has 3 aromatic rings. The fourth-order valence-electron chi connectivity index (χ4n) is 3.52. The normalized spacial score (nSPS) is 16.0. The molecule has 1 aliphatic rings. The van der Waals surface area contributed by atoms with Gasteiger partial charge in [0.2, 0.25) is 21.8 Å². The molecule has 4 rings (SSSR count). The van der Waals surface area contributed by atoms with Crippen molar-refractivity contribution >= 4 is 10.0 Å². The summed E-state index contributed by atoms with van der Waals surface area (Å²) in [6.45, 7) is 5.18. The van der Waals surface area contributed by atoms with Crippen LogP contribution in [0.2, 0.25) is 0 Å². The first-order valence-electron chi connectivity index (χ1n) is 10.1. The van der Waals surface area contributed by atoms with Gasteiger partial charge < -0.3 is 9.32 Å². The van der Waals surface area contributed by atoms with Crippen LogP contribution in [0.25, 0.3) is 11.5 Å². The van der Waals surface area contributed by atoms with E-state index in [1.54, 1.807) is 4.31 Å². The van der Waals surface area contributed by atoms with Crippen LogP contribution in [0.5, 0.6) is 0 Å². The molecule has 0 N–H and O–H groups in total. The van der Waals surface area contributed by atoms with Crippen molar-refractivity contribution in [2.75, 3.05) is 32.7 Å². The predicted octanol–water partition coefficient (Wildman–Crippen LogP) is 2.74. The molecule has 0 spiro atoms. The minimum atomic E-state index is -3.30. The van der Waals surface area contributed by atoms with Crippen molar-refractivity contribution in [2.45, 2.75) is 19.1 Å². The number of rotatable bonds is 7. The Balaban J connectivity index is 1.26.